The van der Waals surface area contributed by atoms with Crippen LogP contribution in [0.2, 0.25) is 0 Å². The number of nitrogens with one attached hydrogen (secondary N) is 1. The maximum atomic E-state index is 12.0. The van der Waals surface area contributed by atoms with Crippen LogP contribution in [0.4, 0.5) is 0 Å². The van der Waals surface area contributed by atoms with E-state index in [2.05, 4.69) is 10.5 Å². The first-order valence-electron chi connectivity index (χ1n) is 8.31. The fourth-order valence-electron chi connectivity index (χ4n) is 2.55. The molecule has 1 amide bonds. The largest absolute Gasteiger partial charge is 0.356 e. The number of benzene rings is 2. The highest BCUT2D eigenvalue weighted by atomic mass is 32.2. The molecule has 0 aliphatic carbocycles. The predicted octanol–water partition coefficient (Wildman–Crippen LogP) is 1.89. The second kappa shape index (κ2) is 8.15. The third-order valence-electron chi connectivity index (χ3n) is 3.95. The van der Waals surface area contributed by atoms with Gasteiger partial charge in [-0.05, 0) is 24.1 Å². The zero-order valence-electron chi connectivity index (χ0n) is 14.5. The molecule has 0 spiro atoms. The summed E-state index contributed by atoms with van der Waals surface area (Å²) in [5.41, 5.74) is 2.36. The van der Waals surface area contributed by atoms with Crippen LogP contribution in [0.1, 0.15) is 11.3 Å². The van der Waals surface area contributed by atoms with E-state index in [0.717, 1.165) is 11.1 Å². The van der Waals surface area contributed by atoms with Crippen molar-refractivity contribution in [2.75, 3.05) is 6.54 Å². The summed E-state index contributed by atoms with van der Waals surface area (Å²) in [6.07, 6.45) is 0.700. The van der Waals surface area contributed by atoms with E-state index in [1.54, 1.807) is 18.2 Å². The van der Waals surface area contributed by atoms with Crippen LogP contribution in [-0.4, -0.2) is 26.0 Å². The topological polar surface area (TPSA) is 115 Å². The number of primary sulfonamides is 1. The van der Waals surface area contributed by atoms with Crippen molar-refractivity contribution in [3.63, 3.8) is 0 Å². The number of aromatic nitrogens is 1. The molecule has 0 unspecified atom stereocenters. The zero-order chi connectivity index (χ0) is 19.3. The lowest BCUT2D eigenvalue weighted by Crippen LogP contribution is -2.27. The minimum atomic E-state index is -3.69. The Bertz CT molecular complexity index is 1010. The van der Waals surface area contributed by atoms with Crippen LogP contribution in [-0.2, 0) is 27.7 Å². The van der Waals surface area contributed by atoms with Crippen LogP contribution in [0.3, 0.4) is 0 Å². The minimum absolute atomic E-state index is 0.0653. The summed E-state index contributed by atoms with van der Waals surface area (Å²) in [4.78, 5) is 12.1. The Morgan fingerprint density at radius 3 is 2.44 bits per heavy atom. The molecule has 0 bridgehead atoms. The molecule has 8 heteroatoms. The molecule has 27 heavy (non-hydrogen) atoms. The van der Waals surface area contributed by atoms with Crippen molar-refractivity contribution in [2.45, 2.75) is 17.7 Å². The summed E-state index contributed by atoms with van der Waals surface area (Å²) in [7, 11) is -3.69. The number of carbonyl (C=O) groups is 1. The Hall–Kier alpha value is -2.97. The number of carbonyl (C=O) groups excluding carboxylic acids is 1. The van der Waals surface area contributed by atoms with Crippen molar-refractivity contribution in [1.29, 1.82) is 0 Å². The third kappa shape index (κ3) is 5.25. The zero-order valence-corrected chi connectivity index (χ0v) is 15.3. The number of nitrogens with zero attached hydrogens (tertiary/aromatic N) is 1. The molecular formula is C19H19N3O4S. The Balaban J connectivity index is 1.48. The Morgan fingerprint density at radius 2 is 1.78 bits per heavy atom. The first kappa shape index (κ1) is 18.8. The lowest BCUT2D eigenvalue weighted by Gasteiger charge is -2.05. The maximum absolute atomic E-state index is 12.0. The van der Waals surface area contributed by atoms with Crippen LogP contribution in [0.5, 0.6) is 0 Å². The van der Waals surface area contributed by atoms with E-state index < -0.39 is 10.0 Å². The molecule has 3 rings (SSSR count). The molecule has 140 valence electrons. The van der Waals surface area contributed by atoms with Crippen LogP contribution in [0.15, 0.2) is 70.1 Å². The predicted molar refractivity (Wildman–Crippen MR) is 100 cm³/mol. The number of hydrogen-bond donors (Lipinski definition) is 2. The van der Waals surface area contributed by atoms with E-state index in [0.29, 0.717) is 24.4 Å². The Kier molecular flexibility index (Phi) is 5.68. The molecule has 0 saturated heterocycles. The number of nitrogens with two attached hydrogens (primary N) is 1. The second-order valence-electron chi connectivity index (χ2n) is 6.01. The fourth-order valence-corrected chi connectivity index (χ4v) is 3.07. The van der Waals surface area contributed by atoms with Gasteiger partial charge in [-0.25, -0.2) is 13.6 Å². The molecule has 0 radical (unpaired) electrons. The molecule has 3 aromatic rings. The van der Waals surface area contributed by atoms with Gasteiger partial charge in [0.05, 0.1) is 17.0 Å². The van der Waals surface area contributed by atoms with Crippen molar-refractivity contribution in [3.8, 4) is 11.3 Å². The Morgan fingerprint density at radius 1 is 1.07 bits per heavy atom. The van der Waals surface area contributed by atoms with Gasteiger partial charge >= 0.3 is 0 Å². The molecule has 0 saturated carbocycles. The molecule has 0 atom stereocenters. The summed E-state index contributed by atoms with van der Waals surface area (Å²) in [5, 5.41) is 11.8. The number of hydrogen-bond acceptors (Lipinski definition) is 5. The molecule has 3 N–H and O–H groups in total. The molecule has 1 aromatic heterocycles. The van der Waals surface area contributed by atoms with Gasteiger partial charge in [-0.1, -0.05) is 47.6 Å². The van der Waals surface area contributed by atoms with Crippen molar-refractivity contribution >= 4 is 15.9 Å². The lowest BCUT2D eigenvalue weighted by molar-refractivity contribution is -0.120. The van der Waals surface area contributed by atoms with Crippen molar-refractivity contribution < 1.29 is 17.7 Å². The van der Waals surface area contributed by atoms with E-state index in [1.807, 2.05) is 30.3 Å². The maximum Gasteiger partial charge on any atom is 0.238 e. The van der Waals surface area contributed by atoms with Crippen molar-refractivity contribution in [1.82, 2.24) is 10.5 Å². The highest BCUT2D eigenvalue weighted by Gasteiger charge is 2.11. The molecule has 0 fully saturated rings. The van der Waals surface area contributed by atoms with Gasteiger partial charge in [0.15, 0.2) is 5.76 Å². The van der Waals surface area contributed by atoms with E-state index >= 15 is 0 Å². The number of sulfonamides is 1. The second-order valence-corrected chi connectivity index (χ2v) is 7.58. The van der Waals surface area contributed by atoms with E-state index in [9.17, 15) is 13.2 Å². The van der Waals surface area contributed by atoms with Gasteiger partial charge in [0.1, 0.15) is 0 Å². The van der Waals surface area contributed by atoms with E-state index in [-0.39, 0.29) is 17.2 Å². The third-order valence-corrected chi connectivity index (χ3v) is 4.88. The lowest BCUT2D eigenvalue weighted by atomic mass is 10.1. The molecule has 2 aromatic carbocycles. The standard InChI is InChI=1S/C19H19N3O4S/c20-27(24,25)17-8-6-14(7-9-17)10-11-21-19(23)13-16-12-18(26-22-16)15-4-2-1-3-5-15/h1-9,12H,10-11,13H2,(H,21,23)(H2,20,24,25). The van der Waals surface area contributed by atoms with Gasteiger partial charge in [0, 0.05) is 18.2 Å². The van der Waals surface area contributed by atoms with Gasteiger partial charge in [0.2, 0.25) is 15.9 Å². The SMILES string of the molecule is NS(=O)(=O)c1ccc(CCNC(=O)Cc2cc(-c3ccccc3)on2)cc1. The quantitative estimate of drug-likeness (QED) is 0.644. The van der Waals surface area contributed by atoms with Crippen molar-refractivity contribution in [3.05, 3.63) is 71.9 Å². The van der Waals surface area contributed by atoms with Crippen LogP contribution >= 0.6 is 0 Å². The van der Waals surface area contributed by atoms with Crippen LogP contribution in [0.25, 0.3) is 11.3 Å². The normalized spacial score (nSPS) is 11.3. The highest BCUT2D eigenvalue weighted by molar-refractivity contribution is 7.89. The number of rotatable bonds is 7. The first-order valence-corrected chi connectivity index (χ1v) is 9.86. The van der Waals surface area contributed by atoms with E-state index in [4.69, 9.17) is 9.66 Å². The molecular weight excluding hydrogens is 366 g/mol. The summed E-state index contributed by atoms with van der Waals surface area (Å²) < 4.78 is 27.7. The molecule has 0 aliphatic heterocycles. The first-order chi connectivity index (χ1) is 12.9. The average molecular weight is 385 g/mol. The smallest absolute Gasteiger partial charge is 0.238 e. The number of amides is 1. The van der Waals surface area contributed by atoms with Crippen molar-refractivity contribution in [2.24, 2.45) is 5.14 Å². The van der Waals surface area contributed by atoms with Gasteiger partial charge in [-0.15, -0.1) is 0 Å². The summed E-state index contributed by atoms with van der Waals surface area (Å²) in [6.45, 7) is 0.428. The Labute approximate surface area is 157 Å². The van der Waals surface area contributed by atoms with Gasteiger partial charge in [-0.3, -0.25) is 4.79 Å². The van der Waals surface area contributed by atoms with Crippen LogP contribution < -0.4 is 10.5 Å². The van der Waals surface area contributed by atoms with Crippen LogP contribution in [0, 0.1) is 0 Å². The minimum Gasteiger partial charge on any atom is -0.356 e. The summed E-state index contributed by atoms with van der Waals surface area (Å²) in [6, 6.07) is 17.5. The molecule has 7 nitrogen and oxygen atoms in total. The average Bonchev–Trinajstić information content (AvgIpc) is 3.10. The monoisotopic (exact) mass is 385 g/mol. The van der Waals surface area contributed by atoms with E-state index in [1.165, 1.54) is 12.1 Å². The van der Waals surface area contributed by atoms with Gasteiger partial charge in [-0.2, -0.15) is 0 Å². The molecule has 0 aliphatic rings. The van der Waals surface area contributed by atoms with Gasteiger partial charge in [0.25, 0.3) is 0 Å². The van der Waals surface area contributed by atoms with Gasteiger partial charge < -0.3 is 9.84 Å². The summed E-state index contributed by atoms with van der Waals surface area (Å²) in [5.74, 6) is 0.456. The molecule has 1 heterocycles. The summed E-state index contributed by atoms with van der Waals surface area (Å²) >= 11 is 0. The fraction of sp³-hybridized carbons (Fsp3) is 0.158. The highest BCUT2D eigenvalue weighted by Crippen LogP contribution is 2.19.